The van der Waals surface area contributed by atoms with Crippen LogP contribution in [-0.2, 0) is 14.9 Å². The van der Waals surface area contributed by atoms with Gasteiger partial charge in [0.05, 0.1) is 30.4 Å². The quantitative estimate of drug-likeness (QED) is 0.226. The van der Waals surface area contributed by atoms with Gasteiger partial charge in [0.2, 0.25) is 5.95 Å². The number of para-hydroxylation sites is 2. The van der Waals surface area contributed by atoms with Gasteiger partial charge in [-0.15, -0.1) is 0 Å². The Morgan fingerprint density at radius 1 is 1.05 bits per heavy atom. The number of carbonyl (C=O) groups excluding carboxylic acids is 1. The SMILES string of the molecule is COc1cc(N2CCC(N(C)C)CC2)ccc1Nc1ncc(Cl)c(Nc2ccccc2NS(=O)(=O)NC(=O)OC(C)(C)C)n1. The maximum absolute atomic E-state index is 12.6. The molecule has 2 heterocycles. The Kier molecular flexibility index (Phi) is 10.3. The van der Waals surface area contributed by atoms with Crippen LogP contribution in [0, 0.1) is 0 Å². The summed E-state index contributed by atoms with van der Waals surface area (Å²) in [5.74, 6) is 1.08. The van der Waals surface area contributed by atoms with Crippen molar-refractivity contribution in [1.82, 2.24) is 19.6 Å². The lowest BCUT2D eigenvalue weighted by molar-refractivity contribution is 0.0570. The predicted octanol–water partition coefficient (Wildman–Crippen LogP) is 5.34. The lowest BCUT2D eigenvalue weighted by Gasteiger charge is -2.36. The van der Waals surface area contributed by atoms with E-state index in [9.17, 15) is 13.2 Å². The molecule has 13 nitrogen and oxygen atoms in total. The van der Waals surface area contributed by atoms with Crippen LogP contribution in [0.1, 0.15) is 33.6 Å². The summed E-state index contributed by atoms with van der Waals surface area (Å²) in [6.45, 7) is 6.80. The highest BCUT2D eigenvalue weighted by Crippen LogP contribution is 2.34. The molecule has 1 aromatic heterocycles. The molecular weight excluding hydrogens is 608 g/mol. The van der Waals surface area contributed by atoms with Gasteiger partial charge in [-0.25, -0.2) is 14.5 Å². The minimum absolute atomic E-state index is 0.139. The summed E-state index contributed by atoms with van der Waals surface area (Å²) >= 11 is 6.40. The van der Waals surface area contributed by atoms with E-state index >= 15 is 0 Å². The molecule has 2 aromatic carbocycles. The van der Waals surface area contributed by atoms with Gasteiger partial charge in [0.1, 0.15) is 16.4 Å². The number of methoxy groups -OCH3 is 1. The van der Waals surface area contributed by atoms with Crippen molar-refractivity contribution in [3.8, 4) is 5.75 Å². The van der Waals surface area contributed by atoms with E-state index in [2.05, 4.69) is 49.2 Å². The number of piperidine rings is 1. The highest BCUT2D eigenvalue weighted by Gasteiger charge is 2.23. The largest absolute Gasteiger partial charge is 0.494 e. The zero-order valence-corrected chi connectivity index (χ0v) is 27.2. The van der Waals surface area contributed by atoms with Crippen LogP contribution < -0.4 is 29.7 Å². The van der Waals surface area contributed by atoms with Crippen molar-refractivity contribution >= 4 is 62.4 Å². The smallest absolute Gasteiger partial charge is 0.422 e. The number of carbonyl (C=O) groups is 1. The van der Waals surface area contributed by atoms with Gasteiger partial charge in [-0.2, -0.15) is 13.4 Å². The van der Waals surface area contributed by atoms with Gasteiger partial charge in [-0.3, -0.25) is 4.72 Å². The Balaban J connectivity index is 1.48. The molecule has 4 rings (SSSR count). The summed E-state index contributed by atoms with van der Waals surface area (Å²) in [6.07, 6.45) is 2.50. The maximum atomic E-state index is 12.6. The van der Waals surface area contributed by atoms with Crippen LogP contribution in [0.15, 0.2) is 48.7 Å². The number of halogens is 1. The molecule has 0 atom stereocenters. The zero-order chi connectivity index (χ0) is 32.1. The molecule has 0 spiro atoms. The molecule has 15 heteroatoms. The fourth-order valence-corrected chi connectivity index (χ4v) is 5.56. The van der Waals surface area contributed by atoms with E-state index in [0.29, 0.717) is 23.2 Å². The Morgan fingerprint density at radius 3 is 2.36 bits per heavy atom. The Labute approximate surface area is 263 Å². The Bertz CT molecular complexity index is 1570. The number of nitrogens with one attached hydrogen (secondary N) is 4. The van der Waals surface area contributed by atoms with Crippen LogP contribution >= 0.6 is 11.6 Å². The first-order valence-electron chi connectivity index (χ1n) is 14.0. The molecule has 0 bridgehead atoms. The van der Waals surface area contributed by atoms with Crippen LogP contribution in [-0.4, -0.2) is 75.3 Å². The van der Waals surface area contributed by atoms with Gasteiger partial charge in [0.15, 0.2) is 5.82 Å². The van der Waals surface area contributed by atoms with Crippen LogP contribution in [0.2, 0.25) is 5.02 Å². The van der Waals surface area contributed by atoms with Crippen LogP contribution in [0.3, 0.4) is 0 Å². The van der Waals surface area contributed by atoms with Gasteiger partial charge in [0, 0.05) is 30.9 Å². The molecular formula is C29H39ClN8O5S. The second-order valence-corrected chi connectivity index (χ2v) is 13.3. The summed E-state index contributed by atoms with van der Waals surface area (Å²) in [7, 11) is 1.53. The Hall–Kier alpha value is -4.01. The predicted molar refractivity (Wildman–Crippen MR) is 174 cm³/mol. The minimum atomic E-state index is -4.32. The third kappa shape index (κ3) is 9.00. The maximum Gasteiger partial charge on any atom is 0.422 e. The summed E-state index contributed by atoms with van der Waals surface area (Å²) in [5, 5.41) is 6.41. The first-order chi connectivity index (χ1) is 20.7. The fourth-order valence-electron chi connectivity index (χ4n) is 4.64. The molecule has 1 amide bonds. The molecule has 1 aliphatic rings. The molecule has 1 aliphatic heterocycles. The summed E-state index contributed by atoms with van der Waals surface area (Å²) < 4.78 is 40.1. The number of ether oxygens (including phenoxy) is 2. The highest BCUT2D eigenvalue weighted by molar-refractivity contribution is 7.91. The van der Waals surface area contributed by atoms with Gasteiger partial charge in [-0.05, 0) is 72.0 Å². The minimum Gasteiger partial charge on any atom is -0.494 e. The number of nitrogens with zero attached hydrogens (tertiary/aromatic N) is 4. The fraction of sp³-hybridized carbons (Fsp3) is 0.414. The molecule has 4 N–H and O–H groups in total. The molecule has 44 heavy (non-hydrogen) atoms. The van der Waals surface area contributed by atoms with Crippen LogP contribution in [0.5, 0.6) is 5.75 Å². The first kappa shape index (κ1) is 32.9. The average Bonchev–Trinajstić information content (AvgIpc) is 2.94. The number of hydrogen-bond donors (Lipinski definition) is 4. The van der Waals surface area contributed by atoms with E-state index in [-0.39, 0.29) is 22.5 Å². The second-order valence-electron chi connectivity index (χ2n) is 11.5. The van der Waals surface area contributed by atoms with E-state index in [1.165, 1.54) is 12.3 Å². The third-order valence-corrected chi connectivity index (χ3v) is 7.98. The van der Waals surface area contributed by atoms with Crippen molar-refractivity contribution in [2.45, 2.75) is 45.3 Å². The second kappa shape index (κ2) is 13.7. The van der Waals surface area contributed by atoms with Crippen molar-refractivity contribution in [2.75, 3.05) is 54.6 Å². The van der Waals surface area contributed by atoms with E-state index in [0.717, 1.165) is 31.6 Å². The van der Waals surface area contributed by atoms with Gasteiger partial charge < -0.3 is 29.9 Å². The molecule has 238 valence electrons. The van der Waals surface area contributed by atoms with E-state index in [4.69, 9.17) is 21.1 Å². The van der Waals surface area contributed by atoms with Crippen LogP contribution in [0.25, 0.3) is 0 Å². The monoisotopic (exact) mass is 646 g/mol. The molecule has 1 fully saturated rings. The molecule has 0 radical (unpaired) electrons. The highest BCUT2D eigenvalue weighted by atomic mass is 35.5. The lowest BCUT2D eigenvalue weighted by Crippen LogP contribution is -2.41. The summed E-state index contributed by atoms with van der Waals surface area (Å²) in [5.41, 5.74) is 1.33. The standard InChI is InChI=1S/C29H39ClN8O5S/c1-29(2,3)43-28(39)36-44(40,41)35-23-10-8-7-9-22(23)32-26-21(30)18-31-27(34-26)33-24-12-11-20(17-25(24)42-6)38-15-13-19(14-16-38)37(4)5/h7-12,17-19,35H,13-16H2,1-6H3,(H,36,39)(H2,31,32,33,34). The first-order valence-corrected chi connectivity index (χ1v) is 15.9. The lowest BCUT2D eigenvalue weighted by atomic mass is 10.0. The number of amides is 1. The normalized spacial score (nSPS) is 14.2. The number of hydrogen-bond acceptors (Lipinski definition) is 11. The molecule has 0 aliphatic carbocycles. The number of rotatable bonds is 10. The van der Waals surface area contributed by atoms with Crippen molar-refractivity contribution < 1.29 is 22.7 Å². The molecule has 0 unspecified atom stereocenters. The van der Waals surface area contributed by atoms with Crippen molar-refractivity contribution in [2.24, 2.45) is 0 Å². The van der Waals surface area contributed by atoms with Crippen molar-refractivity contribution in [1.29, 1.82) is 0 Å². The molecule has 3 aromatic rings. The van der Waals surface area contributed by atoms with Crippen LogP contribution in [0.4, 0.5) is 39.3 Å². The summed E-state index contributed by atoms with van der Waals surface area (Å²) in [6, 6.07) is 13.0. The van der Waals surface area contributed by atoms with Crippen molar-refractivity contribution in [3.63, 3.8) is 0 Å². The average molecular weight is 647 g/mol. The number of aromatic nitrogens is 2. The van der Waals surface area contributed by atoms with Gasteiger partial charge >= 0.3 is 16.3 Å². The zero-order valence-electron chi connectivity index (χ0n) is 25.6. The number of anilines is 6. The van der Waals surface area contributed by atoms with E-state index < -0.39 is 21.9 Å². The van der Waals surface area contributed by atoms with Crippen molar-refractivity contribution in [3.05, 3.63) is 53.7 Å². The molecule has 0 saturated carbocycles. The third-order valence-electron chi connectivity index (χ3n) is 6.78. The molecule has 1 saturated heterocycles. The summed E-state index contributed by atoms with van der Waals surface area (Å²) in [4.78, 5) is 25.5. The number of benzene rings is 2. The Morgan fingerprint density at radius 2 is 1.73 bits per heavy atom. The van der Waals surface area contributed by atoms with Gasteiger partial charge in [0.25, 0.3) is 0 Å². The van der Waals surface area contributed by atoms with Gasteiger partial charge in [-0.1, -0.05) is 23.7 Å². The van der Waals surface area contributed by atoms with E-state index in [1.54, 1.807) is 46.1 Å². The topological polar surface area (TPSA) is 150 Å². The van der Waals surface area contributed by atoms with E-state index in [1.807, 2.05) is 22.9 Å².